The average Bonchev–Trinajstić information content (AvgIpc) is 3.00. The maximum atomic E-state index is 13.6. The lowest BCUT2D eigenvalue weighted by Gasteiger charge is -2.37. The summed E-state index contributed by atoms with van der Waals surface area (Å²) in [7, 11) is 3.17. The normalized spacial score (nSPS) is 28.8. The molecule has 4 atom stereocenters. The van der Waals surface area contributed by atoms with Gasteiger partial charge >= 0.3 is 0 Å². The number of carbonyl (C=O) groups is 2. The van der Waals surface area contributed by atoms with E-state index in [2.05, 4.69) is 6.92 Å². The van der Waals surface area contributed by atoms with Crippen molar-refractivity contribution >= 4 is 11.7 Å². The molecular weight excluding hydrogens is 370 g/mol. The van der Waals surface area contributed by atoms with Gasteiger partial charge in [-0.15, -0.1) is 0 Å². The van der Waals surface area contributed by atoms with Crippen LogP contribution in [0.2, 0.25) is 0 Å². The van der Waals surface area contributed by atoms with Crippen molar-refractivity contribution in [3.63, 3.8) is 0 Å². The van der Waals surface area contributed by atoms with Crippen LogP contribution in [0, 0.1) is 11.8 Å². The van der Waals surface area contributed by atoms with Gasteiger partial charge in [-0.2, -0.15) is 0 Å². The van der Waals surface area contributed by atoms with E-state index in [0.29, 0.717) is 29.5 Å². The number of benzene rings is 1. The minimum atomic E-state index is -0.442. The van der Waals surface area contributed by atoms with Crippen molar-refractivity contribution in [3.8, 4) is 11.5 Å². The van der Waals surface area contributed by atoms with Crippen molar-refractivity contribution in [2.75, 3.05) is 20.8 Å². The third-order valence-electron chi connectivity index (χ3n) is 6.39. The molecule has 0 bridgehead atoms. The van der Waals surface area contributed by atoms with E-state index in [4.69, 9.17) is 14.2 Å². The largest absolute Gasteiger partial charge is 0.493 e. The van der Waals surface area contributed by atoms with Crippen LogP contribution < -0.4 is 9.47 Å². The van der Waals surface area contributed by atoms with Crippen LogP contribution in [-0.4, -0.2) is 43.5 Å². The summed E-state index contributed by atoms with van der Waals surface area (Å²) in [5.41, 5.74) is 1.36. The fourth-order valence-corrected chi connectivity index (χ4v) is 4.97. The van der Waals surface area contributed by atoms with Crippen molar-refractivity contribution in [1.29, 1.82) is 0 Å². The molecule has 0 aromatic heterocycles. The molecule has 0 radical (unpaired) electrons. The van der Waals surface area contributed by atoms with Gasteiger partial charge in [0.15, 0.2) is 23.0 Å². The standard InChI is InChI=1S/C23H29NO5/c1-5-10-24-20(14-7-9-17(27-3)18(12-14)28-4)19-21(25)15-11-13(2)6-8-16(15)29-22(19)23(24)26/h7,9,12-13,15-16,20H,5-6,8,10-11H2,1-4H3. The van der Waals surface area contributed by atoms with Gasteiger partial charge in [-0.05, 0) is 49.3 Å². The molecule has 1 amide bonds. The topological polar surface area (TPSA) is 65.1 Å². The van der Waals surface area contributed by atoms with Crippen LogP contribution in [0.3, 0.4) is 0 Å². The van der Waals surface area contributed by atoms with Crippen molar-refractivity contribution in [1.82, 2.24) is 4.90 Å². The summed E-state index contributed by atoms with van der Waals surface area (Å²) < 4.78 is 17.0. The number of nitrogens with zero attached hydrogens (tertiary/aromatic N) is 1. The van der Waals surface area contributed by atoms with Gasteiger partial charge in [0.05, 0.1) is 31.8 Å². The zero-order valence-corrected chi connectivity index (χ0v) is 17.6. The number of amides is 1. The molecule has 156 valence electrons. The number of Topliss-reactive ketones (excluding diaryl/α,β-unsaturated/α-hetero) is 1. The molecule has 2 heterocycles. The highest BCUT2D eigenvalue weighted by molar-refractivity contribution is 6.11. The monoisotopic (exact) mass is 399 g/mol. The Kier molecular flexibility index (Phi) is 5.28. The third kappa shape index (κ3) is 3.18. The Morgan fingerprint density at radius 1 is 1.14 bits per heavy atom. The second-order valence-electron chi connectivity index (χ2n) is 8.30. The predicted molar refractivity (Wildman–Crippen MR) is 108 cm³/mol. The number of methoxy groups -OCH3 is 2. The zero-order valence-electron chi connectivity index (χ0n) is 17.6. The first-order valence-electron chi connectivity index (χ1n) is 10.5. The molecule has 6 nitrogen and oxygen atoms in total. The smallest absolute Gasteiger partial charge is 0.290 e. The maximum Gasteiger partial charge on any atom is 0.290 e. The van der Waals surface area contributed by atoms with Crippen LogP contribution in [0.4, 0.5) is 0 Å². The van der Waals surface area contributed by atoms with Crippen LogP contribution >= 0.6 is 0 Å². The molecule has 4 unspecified atom stereocenters. The molecule has 6 heteroatoms. The Bertz CT molecular complexity index is 861. The molecular formula is C23H29NO5. The SMILES string of the molecule is CCCN1C(=O)C2=C(C(=O)C3CC(C)CCC3O2)C1c1ccc(OC)c(OC)c1. The molecule has 0 N–H and O–H groups in total. The summed E-state index contributed by atoms with van der Waals surface area (Å²) in [6.07, 6.45) is 3.31. The number of fused-ring (bicyclic) bond motifs is 1. The Morgan fingerprint density at radius 3 is 2.59 bits per heavy atom. The fourth-order valence-electron chi connectivity index (χ4n) is 4.97. The summed E-state index contributed by atoms with van der Waals surface area (Å²) in [6.45, 7) is 4.77. The Morgan fingerprint density at radius 2 is 1.90 bits per heavy atom. The fraction of sp³-hybridized carbons (Fsp3) is 0.565. The second-order valence-corrected chi connectivity index (χ2v) is 8.30. The van der Waals surface area contributed by atoms with Gasteiger partial charge in [-0.25, -0.2) is 0 Å². The molecule has 3 aliphatic rings. The minimum Gasteiger partial charge on any atom is -0.493 e. The highest BCUT2D eigenvalue weighted by Gasteiger charge is 2.52. The lowest BCUT2D eigenvalue weighted by molar-refractivity contribution is -0.136. The lowest BCUT2D eigenvalue weighted by Crippen LogP contribution is -2.41. The van der Waals surface area contributed by atoms with Crippen LogP contribution in [0.1, 0.15) is 51.1 Å². The van der Waals surface area contributed by atoms with Gasteiger partial charge in [0.25, 0.3) is 5.91 Å². The van der Waals surface area contributed by atoms with E-state index in [1.807, 2.05) is 25.1 Å². The zero-order chi connectivity index (χ0) is 20.7. The van der Waals surface area contributed by atoms with E-state index in [1.54, 1.807) is 19.1 Å². The van der Waals surface area contributed by atoms with Crippen molar-refractivity contribution < 1.29 is 23.8 Å². The molecule has 1 fully saturated rings. The number of hydrogen-bond acceptors (Lipinski definition) is 5. The van der Waals surface area contributed by atoms with Gasteiger partial charge in [0, 0.05) is 6.54 Å². The molecule has 1 saturated carbocycles. The van der Waals surface area contributed by atoms with E-state index >= 15 is 0 Å². The first kappa shape index (κ1) is 19.8. The van der Waals surface area contributed by atoms with Crippen molar-refractivity contribution in [2.45, 2.75) is 51.7 Å². The molecule has 0 spiro atoms. The molecule has 2 aliphatic heterocycles. The molecule has 0 saturated heterocycles. The Labute approximate surface area is 171 Å². The van der Waals surface area contributed by atoms with Gasteiger partial charge < -0.3 is 19.1 Å². The summed E-state index contributed by atoms with van der Waals surface area (Å²) >= 11 is 0. The highest BCUT2D eigenvalue weighted by atomic mass is 16.5. The van der Waals surface area contributed by atoms with Crippen LogP contribution in [0.25, 0.3) is 0 Å². The summed E-state index contributed by atoms with van der Waals surface area (Å²) in [4.78, 5) is 28.5. The predicted octanol–water partition coefficient (Wildman–Crippen LogP) is 3.66. The molecule has 29 heavy (non-hydrogen) atoms. The van der Waals surface area contributed by atoms with E-state index in [9.17, 15) is 9.59 Å². The average molecular weight is 399 g/mol. The summed E-state index contributed by atoms with van der Waals surface area (Å²) in [6, 6.07) is 5.14. The van der Waals surface area contributed by atoms with E-state index < -0.39 is 6.04 Å². The molecule has 1 aliphatic carbocycles. The first-order chi connectivity index (χ1) is 14.0. The van der Waals surface area contributed by atoms with Crippen molar-refractivity contribution in [2.24, 2.45) is 11.8 Å². The van der Waals surface area contributed by atoms with Gasteiger partial charge in [-0.1, -0.05) is 19.9 Å². The first-order valence-corrected chi connectivity index (χ1v) is 10.5. The molecule has 1 aromatic rings. The Balaban J connectivity index is 1.79. The van der Waals surface area contributed by atoms with E-state index in [1.165, 1.54) is 0 Å². The van der Waals surface area contributed by atoms with Crippen LogP contribution in [-0.2, 0) is 14.3 Å². The highest BCUT2D eigenvalue weighted by Crippen LogP contribution is 2.48. The summed E-state index contributed by atoms with van der Waals surface area (Å²) in [5.74, 6) is 1.70. The van der Waals surface area contributed by atoms with Gasteiger partial charge in [-0.3, -0.25) is 9.59 Å². The number of hydrogen-bond donors (Lipinski definition) is 0. The quantitative estimate of drug-likeness (QED) is 0.756. The number of ether oxygens (including phenoxy) is 3. The Hall–Kier alpha value is -2.50. The molecule has 1 aromatic carbocycles. The van der Waals surface area contributed by atoms with E-state index in [0.717, 1.165) is 31.2 Å². The summed E-state index contributed by atoms with van der Waals surface area (Å²) in [5, 5.41) is 0. The minimum absolute atomic E-state index is 0.0783. The maximum absolute atomic E-state index is 13.6. The van der Waals surface area contributed by atoms with Gasteiger partial charge in [0.1, 0.15) is 6.10 Å². The van der Waals surface area contributed by atoms with Gasteiger partial charge in [0.2, 0.25) is 0 Å². The lowest BCUT2D eigenvalue weighted by atomic mass is 9.74. The number of carbonyl (C=O) groups excluding carboxylic acids is 2. The van der Waals surface area contributed by atoms with Crippen molar-refractivity contribution in [3.05, 3.63) is 35.1 Å². The third-order valence-corrected chi connectivity index (χ3v) is 6.39. The second kappa shape index (κ2) is 7.73. The van der Waals surface area contributed by atoms with Crippen LogP contribution in [0.5, 0.6) is 11.5 Å². The molecule has 4 rings (SSSR count). The van der Waals surface area contributed by atoms with Crippen LogP contribution in [0.15, 0.2) is 29.5 Å². The number of rotatable bonds is 5. The van der Waals surface area contributed by atoms with E-state index in [-0.39, 0.29) is 29.5 Å². The number of ketones is 1.